The van der Waals surface area contributed by atoms with Gasteiger partial charge in [0.25, 0.3) is 0 Å². The number of rotatable bonds is 0. The van der Waals surface area contributed by atoms with E-state index in [-0.39, 0.29) is 0 Å². The van der Waals surface area contributed by atoms with Crippen LogP contribution < -0.4 is 0 Å². The summed E-state index contributed by atoms with van der Waals surface area (Å²) in [7, 11) is 0. The van der Waals surface area contributed by atoms with E-state index in [1.54, 1.807) is 0 Å². The molecular formula is C34H32SiZr-4. The smallest absolute Gasteiger partial charge is 0.0771 e. The molecule has 36 heavy (non-hydrogen) atoms. The van der Waals surface area contributed by atoms with E-state index in [0.717, 1.165) is 6.42 Å². The second kappa shape index (κ2) is 16.9. The maximum absolute atomic E-state index is 3.16. The molecule has 1 aliphatic rings. The first kappa shape index (κ1) is 29.6. The summed E-state index contributed by atoms with van der Waals surface area (Å²) in [5, 5.41) is 5.39. The SMILES string of the molecule is CC(C)(C)C1=CC[C-]=C1.[Si]=[Zr].[c-]1ccccc1.[c-]1ccccc1.c1ccc2c(c1)[cH-]c1ccccc12. The first-order valence-electron chi connectivity index (χ1n) is 11.9. The molecular weight excluding hydrogens is 528 g/mol. The third-order valence-corrected chi connectivity index (χ3v) is 5.30. The Kier molecular flexibility index (Phi) is 13.9. The average Bonchev–Trinajstić information content (AvgIpc) is 3.62. The molecule has 0 nitrogen and oxygen atoms in total. The molecule has 0 aliphatic heterocycles. The Labute approximate surface area is 234 Å². The largest absolute Gasteiger partial charge is 0.184 e. The van der Waals surface area contributed by atoms with Gasteiger partial charge in [0, 0.05) is 0 Å². The zero-order chi connectivity index (χ0) is 26.1. The molecule has 0 bridgehead atoms. The van der Waals surface area contributed by atoms with Gasteiger partial charge in [0.2, 0.25) is 0 Å². The second-order valence-corrected chi connectivity index (χ2v) is 8.94. The predicted octanol–water partition coefficient (Wildman–Crippen LogP) is 9.02. The van der Waals surface area contributed by atoms with E-state index in [4.69, 9.17) is 0 Å². The third-order valence-electron chi connectivity index (χ3n) is 5.30. The monoisotopic (exact) mass is 558 g/mol. The molecule has 0 aromatic heterocycles. The topological polar surface area (TPSA) is 0 Å². The van der Waals surface area contributed by atoms with Crippen LogP contribution in [-0.4, -0.2) is 6.88 Å². The summed E-state index contributed by atoms with van der Waals surface area (Å²) in [5.74, 6) is 0. The van der Waals surface area contributed by atoms with Crippen LogP contribution in [-0.2, 0) is 23.3 Å². The molecule has 0 saturated heterocycles. The molecule has 0 fully saturated rings. The van der Waals surface area contributed by atoms with Crippen molar-refractivity contribution in [2.45, 2.75) is 27.2 Å². The Morgan fingerprint density at radius 2 is 1.11 bits per heavy atom. The van der Waals surface area contributed by atoms with E-state index in [9.17, 15) is 0 Å². The molecule has 2 radical (unpaired) electrons. The molecule has 0 heterocycles. The van der Waals surface area contributed by atoms with Gasteiger partial charge in [-0.3, -0.25) is 6.08 Å². The van der Waals surface area contributed by atoms with Crippen molar-refractivity contribution in [3.63, 3.8) is 0 Å². The van der Waals surface area contributed by atoms with Crippen molar-refractivity contribution in [2.24, 2.45) is 5.41 Å². The summed E-state index contributed by atoms with van der Waals surface area (Å²) in [5.41, 5.74) is 1.74. The summed E-state index contributed by atoms with van der Waals surface area (Å²) in [6, 6.07) is 44.3. The second-order valence-electron chi connectivity index (χ2n) is 8.94. The van der Waals surface area contributed by atoms with Crippen molar-refractivity contribution in [3.05, 3.63) is 151 Å². The van der Waals surface area contributed by atoms with Crippen molar-refractivity contribution >= 4 is 28.4 Å². The molecule has 0 N–H and O–H groups in total. The van der Waals surface area contributed by atoms with Crippen LogP contribution in [0, 0.1) is 23.6 Å². The average molecular weight is 560 g/mol. The zero-order valence-electron chi connectivity index (χ0n) is 21.3. The molecule has 0 spiro atoms. The normalized spacial score (nSPS) is 11.3. The molecule has 2 heteroatoms. The van der Waals surface area contributed by atoms with E-state index in [1.807, 2.05) is 60.7 Å². The fourth-order valence-electron chi connectivity index (χ4n) is 3.51. The van der Waals surface area contributed by atoms with Crippen LogP contribution in [0.2, 0.25) is 0 Å². The van der Waals surface area contributed by atoms with Crippen LogP contribution in [0.1, 0.15) is 27.2 Å². The van der Waals surface area contributed by atoms with Crippen molar-refractivity contribution in [1.29, 1.82) is 0 Å². The van der Waals surface area contributed by atoms with Gasteiger partial charge in [0.15, 0.2) is 0 Å². The number of hydrogen-bond acceptors (Lipinski definition) is 0. The van der Waals surface area contributed by atoms with Crippen molar-refractivity contribution < 1.29 is 23.3 Å². The van der Waals surface area contributed by atoms with Gasteiger partial charge < -0.3 is 0 Å². The van der Waals surface area contributed by atoms with Crippen LogP contribution in [0.4, 0.5) is 0 Å². The minimum Gasteiger partial charge on any atom is -0.184 e. The molecule has 1 aliphatic carbocycles. The Morgan fingerprint density at radius 3 is 1.39 bits per heavy atom. The maximum Gasteiger partial charge on any atom is -0.0771 e. The summed E-state index contributed by atoms with van der Waals surface area (Å²) in [6.07, 6.45) is 8.50. The fraction of sp³-hybridized carbons (Fsp3) is 0.147. The zero-order valence-corrected chi connectivity index (χ0v) is 24.8. The standard InChI is InChI=1S/C13H9.C9H13.2C6H5.Si.Zr/c1-3-7-12-10(5-1)9-11-6-2-4-8-13(11)12;1-9(2,3)8-6-4-5-7-8;2*1-2-4-6-5-3-1;;/h1-9H;6-7H,4H2,1-3H3;2*1-5H;;/q4*-1;;. The number of benzene rings is 4. The summed E-state index contributed by atoms with van der Waals surface area (Å²) < 4.78 is 0. The maximum atomic E-state index is 3.16. The van der Waals surface area contributed by atoms with E-state index in [1.165, 1.54) is 50.5 Å². The fourth-order valence-corrected chi connectivity index (χ4v) is 3.51. The van der Waals surface area contributed by atoms with Crippen LogP contribution >= 0.6 is 0 Å². The number of allylic oxidation sites excluding steroid dienone is 4. The number of hydrogen-bond donors (Lipinski definition) is 0. The van der Waals surface area contributed by atoms with E-state index >= 15 is 0 Å². The van der Waals surface area contributed by atoms with Gasteiger partial charge in [-0.05, 0) is 0 Å². The molecule has 180 valence electrons. The Balaban J connectivity index is 0.000000175. The van der Waals surface area contributed by atoms with Crippen LogP contribution in [0.3, 0.4) is 0 Å². The number of fused-ring (bicyclic) bond motifs is 3. The van der Waals surface area contributed by atoms with Gasteiger partial charge in [-0.25, -0.2) is 6.08 Å². The molecule has 6 rings (SSSR count). The third kappa shape index (κ3) is 10.5. The molecule has 0 amide bonds. The quantitative estimate of drug-likeness (QED) is 0.131. The minimum atomic E-state index is 0.323. The van der Waals surface area contributed by atoms with Gasteiger partial charge in [-0.15, -0.1) is 46.2 Å². The van der Waals surface area contributed by atoms with Crippen LogP contribution in [0.15, 0.2) is 133 Å². The van der Waals surface area contributed by atoms with Crippen LogP contribution in [0.5, 0.6) is 0 Å². The van der Waals surface area contributed by atoms with Gasteiger partial charge in [-0.1, -0.05) is 62.6 Å². The summed E-state index contributed by atoms with van der Waals surface area (Å²) in [4.78, 5) is 0. The van der Waals surface area contributed by atoms with Gasteiger partial charge in [-0.2, -0.15) is 84.4 Å². The summed E-state index contributed by atoms with van der Waals surface area (Å²) >= 11 is 1.36. The molecule has 0 unspecified atom stereocenters. The van der Waals surface area contributed by atoms with E-state index in [2.05, 4.69) is 113 Å². The molecule has 0 atom stereocenters. The molecule has 0 saturated carbocycles. The Morgan fingerprint density at radius 1 is 0.667 bits per heavy atom. The Bertz CT molecular complexity index is 1170. The van der Waals surface area contributed by atoms with Crippen LogP contribution in [0.25, 0.3) is 21.5 Å². The molecule has 5 aromatic carbocycles. The van der Waals surface area contributed by atoms with E-state index < -0.39 is 0 Å². The van der Waals surface area contributed by atoms with Gasteiger partial charge in [0.05, 0.1) is 0 Å². The predicted molar refractivity (Wildman–Crippen MR) is 153 cm³/mol. The van der Waals surface area contributed by atoms with Gasteiger partial charge >= 0.3 is 30.2 Å². The first-order valence-corrected chi connectivity index (χ1v) is 16.1. The minimum absolute atomic E-state index is 0.323. The van der Waals surface area contributed by atoms with E-state index in [0.29, 0.717) is 5.41 Å². The van der Waals surface area contributed by atoms with Crippen molar-refractivity contribution in [1.82, 2.24) is 0 Å². The van der Waals surface area contributed by atoms with Gasteiger partial charge in [0.1, 0.15) is 0 Å². The summed E-state index contributed by atoms with van der Waals surface area (Å²) in [6.45, 7) is 9.74. The first-order chi connectivity index (χ1) is 17.6. The van der Waals surface area contributed by atoms with Crippen molar-refractivity contribution in [2.75, 3.05) is 0 Å². The molecule has 5 aromatic rings. The van der Waals surface area contributed by atoms with Crippen molar-refractivity contribution in [3.8, 4) is 0 Å². The Hall–Kier alpha value is -2.67.